The highest BCUT2D eigenvalue weighted by molar-refractivity contribution is 6.04. The van der Waals surface area contributed by atoms with Gasteiger partial charge in [-0.3, -0.25) is 9.59 Å². The first kappa shape index (κ1) is 21.5. The van der Waals surface area contributed by atoms with Crippen LogP contribution in [0.5, 0.6) is 5.88 Å². The third-order valence-electron chi connectivity index (χ3n) is 5.52. The number of methoxy groups -OCH3 is 1. The maximum atomic E-state index is 12.8. The number of benzene rings is 2. The Kier molecular flexibility index (Phi) is 6.47. The number of carbonyl (C=O) groups is 2. The standard InChI is InChI=1S/C25H26N4O3/c1-29-11-10-18-6-8-22(13-21(18)16-29)28-25(31)19-5-3-4-17(12-19)14-27-24(30)20-7-9-23(32-2)26-15-20/h3-9,12-13,15H,10-11,14,16H2,1-2H3,(H,27,30)(H,28,31). The van der Waals surface area contributed by atoms with Gasteiger partial charge in [-0.25, -0.2) is 4.98 Å². The van der Waals surface area contributed by atoms with Gasteiger partial charge in [-0.05, 0) is 60.5 Å². The number of hydrogen-bond donors (Lipinski definition) is 2. The van der Waals surface area contributed by atoms with Crippen molar-refractivity contribution in [3.05, 3.63) is 88.6 Å². The third kappa shape index (κ3) is 5.12. The number of nitrogens with zero attached hydrogens (tertiary/aromatic N) is 2. The maximum Gasteiger partial charge on any atom is 0.255 e. The maximum absolute atomic E-state index is 12.8. The van der Waals surface area contributed by atoms with Gasteiger partial charge in [-0.15, -0.1) is 0 Å². The van der Waals surface area contributed by atoms with Gasteiger partial charge in [-0.1, -0.05) is 18.2 Å². The molecule has 1 aliphatic heterocycles. The van der Waals surface area contributed by atoms with Crippen molar-refractivity contribution >= 4 is 17.5 Å². The van der Waals surface area contributed by atoms with Crippen molar-refractivity contribution in [2.24, 2.45) is 0 Å². The number of fused-ring (bicyclic) bond motifs is 1. The second-order valence-corrected chi connectivity index (χ2v) is 7.90. The number of aromatic nitrogens is 1. The number of anilines is 1. The first-order chi connectivity index (χ1) is 15.5. The number of amides is 2. The summed E-state index contributed by atoms with van der Waals surface area (Å²) in [4.78, 5) is 31.4. The molecule has 4 rings (SSSR count). The molecule has 0 saturated heterocycles. The van der Waals surface area contributed by atoms with Gasteiger partial charge >= 0.3 is 0 Å². The lowest BCUT2D eigenvalue weighted by Crippen LogP contribution is -2.26. The molecule has 2 amide bonds. The van der Waals surface area contributed by atoms with Crippen LogP contribution in [-0.2, 0) is 19.5 Å². The van der Waals surface area contributed by atoms with E-state index in [1.165, 1.54) is 24.4 Å². The molecule has 2 N–H and O–H groups in total. The van der Waals surface area contributed by atoms with Crippen molar-refractivity contribution in [3.63, 3.8) is 0 Å². The molecule has 7 heteroatoms. The molecule has 1 aromatic heterocycles. The average molecular weight is 431 g/mol. The lowest BCUT2D eigenvalue weighted by molar-refractivity contribution is 0.0950. The zero-order valence-corrected chi connectivity index (χ0v) is 18.2. The van der Waals surface area contributed by atoms with Gasteiger partial charge in [0.2, 0.25) is 5.88 Å². The Labute approximate surface area is 187 Å². The van der Waals surface area contributed by atoms with Crippen LogP contribution in [0, 0.1) is 0 Å². The molecule has 2 heterocycles. The molecular formula is C25H26N4O3. The largest absolute Gasteiger partial charge is 0.481 e. The fourth-order valence-corrected chi connectivity index (χ4v) is 3.72. The van der Waals surface area contributed by atoms with E-state index in [4.69, 9.17) is 4.74 Å². The van der Waals surface area contributed by atoms with Crippen molar-refractivity contribution in [1.29, 1.82) is 0 Å². The summed E-state index contributed by atoms with van der Waals surface area (Å²) in [5.41, 5.74) is 5.19. The molecule has 0 atom stereocenters. The Bertz CT molecular complexity index is 1130. The van der Waals surface area contributed by atoms with E-state index >= 15 is 0 Å². The topological polar surface area (TPSA) is 83.6 Å². The molecule has 0 bridgehead atoms. The molecule has 3 aromatic rings. The van der Waals surface area contributed by atoms with Gasteiger partial charge in [0.15, 0.2) is 0 Å². The second kappa shape index (κ2) is 9.62. The lowest BCUT2D eigenvalue weighted by Gasteiger charge is -2.25. The van der Waals surface area contributed by atoms with Crippen molar-refractivity contribution in [2.45, 2.75) is 19.5 Å². The first-order valence-electron chi connectivity index (χ1n) is 10.5. The minimum Gasteiger partial charge on any atom is -0.481 e. The highest BCUT2D eigenvalue weighted by Crippen LogP contribution is 2.22. The number of rotatable bonds is 6. The van der Waals surface area contributed by atoms with Gasteiger partial charge in [0.25, 0.3) is 11.8 Å². The van der Waals surface area contributed by atoms with Gasteiger partial charge in [0, 0.05) is 43.1 Å². The molecular weight excluding hydrogens is 404 g/mol. The molecule has 0 aliphatic carbocycles. The summed E-state index contributed by atoms with van der Waals surface area (Å²) in [5, 5.41) is 5.84. The minimum absolute atomic E-state index is 0.179. The highest BCUT2D eigenvalue weighted by Gasteiger charge is 2.15. The Hall–Kier alpha value is -3.71. The van der Waals surface area contributed by atoms with E-state index in [0.29, 0.717) is 23.6 Å². The van der Waals surface area contributed by atoms with Crippen molar-refractivity contribution in [2.75, 3.05) is 26.0 Å². The van der Waals surface area contributed by atoms with E-state index in [2.05, 4.69) is 39.7 Å². The van der Waals surface area contributed by atoms with Crippen molar-refractivity contribution < 1.29 is 14.3 Å². The Morgan fingerprint density at radius 2 is 1.91 bits per heavy atom. The highest BCUT2D eigenvalue weighted by atomic mass is 16.5. The normalized spacial score (nSPS) is 13.2. The van der Waals surface area contributed by atoms with Crippen LogP contribution in [-0.4, -0.2) is 42.4 Å². The molecule has 1 aliphatic rings. The summed E-state index contributed by atoms with van der Waals surface area (Å²) in [6, 6.07) is 16.6. The minimum atomic E-state index is -0.242. The Morgan fingerprint density at radius 1 is 1.03 bits per heavy atom. The molecule has 0 unspecified atom stereocenters. The van der Waals surface area contributed by atoms with Gasteiger partial charge in [-0.2, -0.15) is 0 Å². The molecule has 32 heavy (non-hydrogen) atoms. The average Bonchev–Trinajstić information content (AvgIpc) is 2.82. The molecule has 2 aromatic carbocycles. The summed E-state index contributed by atoms with van der Waals surface area (Å²) in [6.45, 7) is 2.24. The van der Waals surface area contributed by atoms with Gasteiger partial charge in [0.1, 0.15) is 0 Å². The van der Waals surface area contributed by atoms with Crippen LogP contribution in [0.15, 0.2) is 60.8 Å². The van der Waals surface area contributed by atoms with E-state index < -0.39 is 0 Å². The molecule has 0 spiro atoms. The quantitative estimate of drug-likeness (QED) is 0.627. The zero-order valence-electron chi connectivity index (χ0n) is 18.2. The van der Waals surface area contributed by atoms with E-state index in [1.807, 2.05) is 18.2 Å². The zero-order chi connectivity index (χ0) is 22.5. The van der Waals surface area contributed by atoms with Crippen LogP contribution < -0.4 is 15.4 Å². The fourth-order valence-electron chi connectivity index (χ4n) is 3.72. The van der Waals surface area contributed by atoms with Crippen LogP contribution in [0.4, 0.5) is 5.69 Å². The molecule has 0 fully saturated rings. The van der Waals surface area contributed by atoms with E-state index in [9.17, 15) is 9.59 Å². The smallest absolute Gasteiger partial charge is 0.255 e. The number of pyridine rings is 1. The van der Waals surface area contributed by atoms with Crippen LogP contribution in [0.1, 0.15) is 37.4 Å². The number of likely N-dealkylation sites (N-methyl/N-ethyl adjacent to an activating group) is 1. The number of ether oxygens (including phenoxy) is 1. The summed E-state index contributed by atoms with van der Waals surface area (Å²) in [7, 11) is 3.62. The van der Waals surface area contributed by atoms with Gasteiger partial charge in [0.05, 0.1) is 12.7 Å². The third-order valence-corrected chi connectivity index (χ3v) is 5.52. The number of nitrogens with one attached hydrogen (secondary N) is 2. The predicted octanol–water partition coefficient (Wildman–Crippen LogP) is 3.26. The van der Waals surface area contributed by atoms with Crippen molar-refractivity contribution in [3.8, 4) is 5.88 Å². The second-order valence-electron chi connectivity index (χ2n) is 7.90. The predicted molar refractivity (Wildman–Crippen MR) is 123 cm³/mol. The van der Waals surface area contributed by atoms with Crippen LogP contribution >= 0.6 is 0 Å². The Morgan fingerprint density at radius 3 is 2.69 bits per heavy atom. The SMILES string of the molecule is COc1ccc(C(=O)NCc2cccc(C(=O)Nc3ccc4c(c3)CN(C)CC4)c2)cn1. The van der Waals surface area contributed by atoms with Crippen LogP contribution in [0.2, 0.25) is 0 Å². The van der Waals surface area contributed by atoms with Crippen molar-refractivity contribution in [1.82, 2.24) is 15.2 Å². The molecule has 7 nitrogen and oxygen atoms in total. The molecule has 164 valence electrons. The summed E-state index contributed by atoms with van der Waals surface area (Å²) < 4.78 is 5.01. The van der Waals surface area contributed by atoms with Gasteiger partial charge < -0.3 is 20.3 Å². The van der Waals surface area contributed by atoms with E-state index in [0.717, 1.165) is 30.8 Å². The molecule has 0 saturated carbocycles. The van der Waals surface area contributed by atoms with E-state index in [1.54, 1.807) is 24.3 Å². The Balaban J connectivity index is 1.38. The lowest BCUT2D eigenvalue weighted by atomic mass is 9.99. The molecule has 0 radical (unpaired) electrons. The van der Waals surface area contributed by atoms with Crippen LogP contribution in [0.25, 0.3) is 0 Å². The summed E-state index contributed by atoms with van der Waals surface area (Å²) in [5.74, 6) is 0.0295. The number of carbonyl (C=O) groups excluding carboxylic acids is 2. The van der Waals surface area contributed by atoms with Crippen LogP contribution in [0.3, 0.4) is 0 Å². The fraction of sp³-hybridized carbons (Fsp3) is 0.240. The monoisotopic (exact) mass is 430 g/mol. The summed E-state index contributed by atoms with van der Waals surface area (Å²) >= 11 is 0. The number of hydrogen-bond acceptors (Lipinski definition) is 5. The van der Waals surface area contributed by atoms with E-state index in [-0.39, 0.29) is 11.8 Å². The first-order valence-corrected chi connectivity index (χ1v) is 10.5. The summed E-state index contributed by atoms with van der Waals surface area (Å²) in [6.07, 6.45) is 2.49.